The maximum atomic E-state index is 12.6. The summed E-state index contributed by atoms with van der Waals surface area (Å²) >= 11 is 0. The zero-order chi connectivity index (χ0) is 24.8. The van der Waals surface area contributed by atoms with E-state index >= 15 is 0 Å². The van der Waals surface area contributed by atoms with Gasteiger partial charge in [0.1, 0.15) is 17.2 Å². The van der Waals surface area contributed by atoms with Crippen molar-refractivity contribution in [1.82, 2.24) is 29.8 Å². The second-order valence-electron chi connectivity index (χ2n) is 8.46. The molecule has 4 aromatic rings. The van der Waals surface area contributed by atoms with Crippen molar-refractivity contribution in [2.24, 2.45) is 0 Å². The van der Waals surface area contributed by atoms with Gasteiger partial charge in [0.25, 0.3) is 5.91 Å². The number of ether oxygens (including phenoxy) is 2. The van der Waals surface area contributed by atoms with E-state index in [4.69, 9.17) is 14.5 Å². The van der Waals surface area contributed by atoms with Gasteiger partial charge in [-0.3, -0.25) is 9.78 Å². The summed E-state index contributed by atoms with van der Waals surface area (Å²) in [5.74, 6) is 1.96. The van der Waals surface area contributed by atoms with Gasteiger partial charge in [0, 0.05) is 42.6 Å². The van der Waals surface area contributed by atoms with E-state index in [2.05, 4.69) is 20.3 Å². The number of benzene rings is 2. The van der Waals surface area contributed by atoms with E-state index < -0.39 is 0 Å². The van der Waals surface area contributed by atoms with E-state index in [1.807, 2.05) is 50.5 Å². The highest BCUT2D eigenvalue weighted by Crippen LogP contribution is 2.25. The van der Waals surface area contributed by atoms with Gasteiger partial charge in [-0.25, -0.2) is 9.50 Å². The first-order chi connectivity index (χ1) is 17.0. The Labute approximate surface area is 204 Å². The summed E-state index contributed by atoms with van der Waals surface area (Å²) in [6.07, 6.45) is 4.84. The number of carbonyl (C=O) groups excluding carboxylic acids is 1. The summed E-state index contributed by atoms with van der Waals surface area (Å²) in [4.78, 5) is 24.0. The third-order valence-corrected chi connectivity index (χ3v) is 5.54. The van der Waals surface area contributed by atoms with Crippen LogP contribution in [0, 0.1) is 0 Å². The molecule has 0 aliphatic carbocycles. The van der Waals surface area contributed by atoms with E-state index in [0.717, 1.165) is 24.1 Å². The van der Waals surface area contributed by atoms with Crippen LogP contribution in [0.15, 0.2) is 54.9 Å². The lowest BCUT2D eigenvalue weighted by atomic mass is 10.1. The molecule has 0 atom stereocenters. The van der Waals surface area contributed by atoms with E-state index in [-0.39, 0.29) is 5.91 Å². The molecule has 1 N–H and O–H groups in total. The first-order valence-electron chi connectivity index (χ1n) is 11.4. The summed E-state index contributed by atoms with van der Waals surface area (Å²) in [5, 5.41) is 7.61. The molecular formula is C26H30N6O3. The largest absolute Gasteiger partial charge is 0.497 e. The van der Waals surface area contributed by atoms with E-state index in [9.17, 15) is 4.79 Å². The Morgan fingerprint density at radius 1 is 1.09 bits per heavy atom. The molecule has 0 bridgehead atoms. The highest BCUT2D eigenvalue weighted by Gasteiger charge is 2.14. The number of hydrogen-bond donors (Lipinski definition) is 1. The molecule has 1 amide bonds. The van der Waals surface area contributed by atoms with Crippen molar-refractivity contribution in [2.75, 3.05) is 41.4 Å². The number of carbonyl (C=O) groups is 1. The molecule has 9 nitrogen and oxygen atoms in total. The standard InChI is InChI=1S/C26H30N6O3/c1-31(2)11-6-9-28-26(33)20-8-5-7-19(16-20)24-25-29-23(30-32(25)12-10-27-24)15-18-13-21(34-3)17-22(14-18)35-4/h5,7-8,10,12-14,16-17H,6,9,11,15H2,1-4H3,(H,28,33). The predicted octanol–water partition coefficient (Wildman–Crippen LogP) is 3.08. The van der Waals surface area contributed by atoms with Gasteiger partial charge in [0.15, 0.2) is 11.5 Å². The lowest BCUT2D eigenvalue weighted by Gasteiger charge is -2.10. The Morgan fingerprint density at radius 3 is 2.57 bits per heavy atom. The zero-order valence-electron chi connectivity index (χ0n) is 20.5. The average molecular weight is 475 g/mol. The number of rotatable bonds is 10. The monoisotopic (exact) mass is 474 g/mol. The van der Waals surface area contributed by atoms with Gasteiger partial charge in [0.05, 0.1) is 14.2 Å². The molecule has 2 heterocycles. The fourth-order valence-corrected chi connectivity index (χ4v) is 3.80. The molecule has 35 heavy (non-hydrogen) atoms. The Bertz CT molecular complexity index is 1300. The molecule has 0 saturated heterocycles. The first-order valence-corrected chi connectivity index (χ1v) is 11.4. The molecule has 0 fully saturated rings. The third kappa shape index (κ3) is 5.93. The summed E-state index contributed by atoms with van der Waals surface area (Å²) in [5.41, 5.74) is 3.65. The van der Waals surface area contributed by atoms with Crippen LogP contribution in [0.1, 0.15) is 28.2 Å². The van der Waals surface area contributed by atoms with Crippen LogP contribution in [0.2, 0.25) is 0 Å². The van der Waals surface area contributed by atoms with Crippen LogP contribution >= 0.6 is 0 Å². The molecule has 2 aromatic carbocycles. The van der Waals surface area contributed by atoms with Gasteiger partial charge < -0.3 is 19.7 Å². The van der Waals surface area contributed by atoms with Crippen LogP contribution in [0.25, 0.3) is 16.9 Å². The fraction of sp³-hybridized carbons (Fsp3) is 0.308. The first kappa shape index (κ1) is 24.2. The lowest BCUT2D eigenvalue weighted by Crippen LogP contribution is -2.27. The topological polar surface area (TPSA) is 93.9 Å². The molecule has 9 heteroatoms. The van der Waals surface area contributed by atoms with Crippen LogP contribution < -0.4 is 14.8 Å². The van der Waals surface area contributed by atoms with Crippen LogP contribution in [0.5, 0.6) is 11.5 Å². The van der Waals surface area contributed by atoms with E-state index in [0.29, 0.717) is 47.2 Å². The highest BCUT2D eigenvalue weighted by molar-refractivity contribution is 5.95. The number of nitrogens with one attached hydrogen (secondary N) is 1. The summed E-state index contributed by atoms with van der Waals surface area (Å²) in [6.45, 7) is 1.54. The molecule has 0 aliphatic rings. The minimum Gasteiger partial charge on any atom is -0.497 e. The average Bonchev–Trinajstić information content (AvgIpc) is 3.28. The SMILES string of the molecule is COc1cc(Cc2nc3c(-c4cccc(C(=O)NCCCN(C)C)c4)nccn3n2)cc(OC)c1. The van der Waals surface area contributed by atoms with Crippen molar-refractivity contribution in [3.8, 4) is 22.8 Å². The maximum Gasteiger partial charge on any atom is 0.251 e. The van der Waals surface area contributed by atoms with Crippen LogP contribution in [0.4, 0.5) is 0 Å². The molecule has 0 radical (unpaired) electrons. The van der Waals surface area contributed by atoms with Gasteiger partial charge in [0.2, 0.25) is 0 Å². The number of nitrogens with zero attached hydrogens (tertiary/aromatic N) is 5. The number of amides is 1. The Kier molecular flexibility index (Phi) is 7.57. The second-order valence-corrected chi connectivity index (χ2v) is 8.46. The number of fused-ring (bicyclic) bond motifs is 1. The fourth-order valence-electron chi connectivity index (χ4n) is 3.80. The van der Waals surface area contributed by atoms with Crippen molar-refractivity contribution in [2.45, 2.75) is 12.8 Å². The van der Waals surface area contributed by atoms with Crippen molar-refractivity contribution in [1.29, 1.82) is 0 Å². The zero-order valence-corrected chi connectivity index (χ0v) is 20.5. The Hall–Kier alpha value is -3.98. The quantitative estimate of drug-likeness (QED) is 0.353. The third-order valence-electron chi connectivity index (χ3n) is 5.54. The Morgan fingerprint density at radius 2 is 1.86 bits per heavy atom. The Balaban J connectivity index is 1.57. The minimum absolute atomic E-state index is 0.105. The normalized spacial score (nSPS) is 11.1. The molecule has 0 unspecified atom stereocenters. The van der Waals surface area contributed by atoms with Crippen molar-refractivity contribution < 1.29 is 14.3 Å². The highest BCUT2D eigenvalue weighted by atomic mass is 16.5. The second kappa shape index (κ2) is 11.0. The number of methoxy groups -OCH3 is 2. The molecule has 2 aromatic heterocycles. The summed E-state index contributed by atoms with van der Waals surface area (Å²) in [7, 11) is 7.28. The smallest absolute Gasteiger partial charge is 0.251 e. The van der Waals surface area contributed by atoms with Gasteiger partial charge in [-0.05, 0) is 56.9 Å². The van der Waals surface area contributed by atoms with Crippen molar-refractivity contribution in [3.63, 3.8) is 0 Å². The molecule has 182 valence electrons. The lowest BCUT2D eigenvalue weighted by molar-refractivity contribution is 0.0952. The van der Waals surface area contributed by atoms with E-state index in [1.165, 1.54) is 0 Å². The van der Waals surface area contributed by atoms with E-state index in [1.54, 1.807) is 37.2 Å². The predicted molar refractivity (Wildman–Crippen MR) is 134 cm³/mol. The van der Waals surface area contributed by atoms with Crippen LogP contribution in [0.3, 0.4) is 0 Å². The van der Waals surface area contributed by atoms with Crippen LogP contribution in [-0.4, -0.2) is 71.8 Å². The number of aromatic nitrogens is 4. The molecule has 4 rings (SSSR count). The number of hydrogen-bond acceptors (Lipinski definition) is 7. The van der Waals surface area contributed by atoms with Crippen LogP contribution in [-0.2, 0) is 6.42 Å². The van der Waals surface area contributed by atoms with Gasteiger partial charge in [-0.2, -0.15) is 5.10 Å². The summed E-state index contributed by atoms with van der Waals surface area (Å²) in [6, 6.07) is 13.1. The molecule has 0 spiro atoms. The molecular weight excluding hydrogens is 444 g/mol. The van der Waals surface area contributed by atoms with Gasteiger partial charge in [-0.1, -0.05) is 12.1 Å². The van der Waals surface area contributed by atoms with Crippen molar-refractivity contribution >= 4 is 11.6 Å². The molecule has 0 saturated carbocycles. The molecule has 0 aliphatic heterocycles. The van der Waals surface area contributed by atoms with Gasteiger partial charge >= 0.3 is 0 Å². The minimum atomic E-state index is -0.105. The van der Waals surface area contributed by atoms with Crippen molar-refractivity contribution in [3.05, 3.63) is 71.8 Å². The summed E-state index contributed by atoms with van der Waals surface area (Å²) < 4.78 is 12.5. The van der Waals surface area contributed by atoms with Gasteiger partial charge in [-0.15, -0.1) is 0 Å². The maximum absolute atomic E-state index is 12.6.